The third-order valence-electron chi connectivity index (χ3n) is 11.6. The predicted molar refractivity (Wildman–Crippen MR) is 207 cm³/mol. The molecule has 2 heteroatoms. The molecule has 0 amide bonds. The molecule has 1 fully saturated rings. The molecular formula is C47H39NO. The van der Waals surface area contributed by atoms with Gasteiger partial charge in [0.25, 0.3) is 0 Å². The Balaban J connectivity index is 1.16. The summed E-state index contributed by atoms with van der Waals surface area (Å²) < 4.78 is 7.00. The standard InChI is InChI=1S/C47H39NO/c1-47(2)41-26-24-31-15-9-10-18-36(31)44(41)40-28-32-23-25-35(27-33(32)29-42(40)47)48(34-16-7-4-8-17-34)43-22-12-21-39-38-20-11-19-37(45(38)49-46(39)43)30-13-5-3-6-14-30/h4,7-12,15-30H,3,5-6,13-14H2,1-2H3. The van der Waals surface area contributed by atoms with Gasteiger partial charge in [0.15, 0.2) is 5.58 Å². The summed E-state index contributed by atoms with van der Waals surface area (Å²) in [6, 6.07) is 49.4. The number of fused-ring (bicyclic) bond motifs is 9. The molecule has 0 unspecified atom stereocenters. The minimum absolute atomic E-state index is 0.0894. The molecule has 0 bridgehead atoms. The van der Waals surface area contributed by atoms with Crippen molar-refractivity contribution in [3.63, 3.8) is 0 Å². The summed E-state index contributed by atoms with van der Waals surface area (Å²) in [5.41, 5.74) is 12.1. The SMILES string of the molecule is CC1(C)c2cc3cc(N(c4ccccc4)c4cccc5c4oc4c(C6CCCCC6)cccc45)ccc3cc2-c2c1ccc1ccccc21. The van der Waals surface area contributed by atoms with Crippen molar-refractivity contribution in [2.24, 2.45) is 0 Å². The summed E-state index contributed by atoms with van der Waals surface area (Å²) in [5, 5.41) is 7.53. The summed E-state index contributed by atoms with van der Waals surface area (Å²) in [6.45, 7) is 4.75. The van der Waals surface area contributed by atoms with Crippen LogP contribution in [0.25, 0.3) is 54.6 Å². The lowest BCUT2D eigenvalue weighted by atomic mass is 9.81. The fourth-order valence-corrected chi connectivity index (χ4v) is 9.12. The number of hydrogen-bond acceptors (Lipinski definition) is 2. The Morgan fingerprint density at radius 1 is 0.551 bits per heavy atom. The highest BCUT2D eigenvalue weighted by Gasteiger charge is 2.36. The van der Waals surface area contributed by atoms with Crippen LogP contribution in [0.3, 0.4) is 0 Å². The molecule has 0 radical (unpaired) electrons. The van der Waals surface area contributed by atoms with Gasteiger partial charge in [-0.2, -0.15) is 0 Å². The molecule has 0 saturated heterocycles. The van der Waals surface area contributed by atoms with Gasteiger partial charge in [0.05, 0.1) is 5.69 Å². The number of hydrogen-bond donors (Lipinski definition) is 0. The maximum absolute atomic E-state index is 7.00. The monoisotopic (exact) mass is 633 g/mol. The summed E-state index contributed by atoms with van der Waals surface area (Å²) in [4.78, 5) is 2.38. The van der Waals surface area contributed by atoms with E-state index in [9.17, 15) is 0 Å². The molecule has 49 heavy (non-hydrogen) atoms. The Morgan fingerprint density at radius 3 is 2.14 bits per heavy atom. The minimum Gasteiger partial charge on any atom is -0.454 e. The van der Waals surface area contributed by atoms with E-state index in [1.54, 1.807) is 0 Å². The molecule has 238 valence electrons. The molecule has 2 aliphatic carbocycles. The first kappa shape index (κ1) is 28.7. The van der Waals surface area contributed by atoms with Gasteiger partial charge < -0.3 is 9.32 Å². The second-order valence-electron chi connectivity index (χ2n) is 14.7. The number of furan rings is 1. The number of nitrogens with zero attached hydrogens (tertiary/aromatic N) is 1. The van der Waals surface area contributed by atoms with E-state index in [0.29, 0.717) is 5.92 Å². The fraction of sp³-hybridized carbons (Fsp3) is 0.191. The average Bonchev–Trinajstić information content (AvgIpc) is 3.64. The first-order valence-electron chi connectivity index (χ1n) is 18.0. The summed E-state index contributed by atoms with van der Waals surface area (Å²) in [7, 11) is 0. The highest BCUT2D eigenvalue weighted by Crippen LogP contribution is 2.53. The van der Waals surface area contributed by atoms with E-state index in [1.807, 2.05) is 0 Å². The quantitative estimate of drug-likeness (QED) is 0.192. The van der Waals surface area contributed by atoms with Crippen LogP contribution in [-0.2, 0) is 5.41 Å². The first-order chi connectivity index (χ1) is 24.1. The van der Waals surface area contributed by atoms with E-state index < -0.39 is 0 Å². The van der Waals surface area contributed by atoms with Crippen LogP contribution in [0.5, 0.6) is 0 Å². The molecule has 0 atom stereocenters. The van der Waals surface area contributed by atoms with Crippen molar-refractivity contribution in [3.8, 4) is 11.1 Å². The van der Waals surface area contributed by atoms with Crippen LogP contribution in [-0.4, -0.2) is 0 Å². The normalized spacial score (nSPS) is 15.6. The van der Waals surface area contributed by atoms with Crippen LogP contribution >= 0.6 is 0 Å². The van der Waals surface area contributed by atoms with Gasteiger partial charge in [-0.25, -0.2) is 0 Å². The van der Waals surface area contributed by atoms with Crippen LogP contribution in [0.2, 0.25) is 0 Å². The van der Waals surface area contributed by atoms with E-state index in [-0.39, 0.29) is 5.41 Å². The molecule has 7 aromatic carbocycles. The van der Waals surface area contributed by atoms with Crippen LogP contribution in [0.1, 0.15) is 68.6 Å². The zero-order valence-corrected chi connectivity index (χ0v) is 28.2. The molecular weight excluding hydrogens is 595 g/mol. The summed E-state index contributed by atoms with van der Waals surface area (Å²) in [5.74, 6) is 0.572. The van der Waals surface area contributed by atoms with E-state index in [4.69, 9.17) is 4.42 Å². The van der Waals surface area contributed by atoms with Crippen molar-refractivity contribution in [2.45, 2.75) is 57.3 Å². The molecule has 0 spiro atoms. The number of para-hydroxylation sites is 3. The van der Waals surface area contributed by atoms with Crippen LogP contribution in [0, 0.1) is 0 Å². The maximum Gasteiger partial charge on any atom is 0.159 e. The van der Waals surface area contributed by atoms with Crippen LogP contribution in [0.4, 0.5) is 17.1 Å². The van der Waals surface area contributed by atoms with Gasteiger partial charge in [-0.3, -0.25) is 0 Å². The van der Waals surface area contributed by atoms with Crippen molar-refractivity contribution in [1.29, 1.82) is 0 Å². The Kier molecular flexibility index (Phi) is 6.34. The minimum atomic E-state index is -0.0894. The van der Waals surface area contributed by atoms with Gasteiger partial charge in [0, 0.05) is 27.6 Å². The second-order valence-corrected chi connectivity index (χ2v) is 14.7. The zero-order valence-electron chi connectivity index (χ0n) is 28.2. The van der Waals surface area contributed by atoms with Gasteiger partial charge in [-0.05, 0) is 111 Å². The summed E-state index contributed by atoms with van der Waals surface area (Å²) in [6.07, 6.45) is 6.45. The van der Waals surface area contributed by atoms with E-state index in [1.165, 1.54) is 92.2 Å². The highest BCUT2D eigenvalue weighted by atomic mass is 16.3. The van der Waals surface area contributed by atoms with Crippen molar-refractivity contribution < 1.29 is 4.42 Å². The van der Waals surface area contributed by atoms with Crippen LogP contribution < -0.4 is 4.90 Å². The molecule has 2 aliphatic rings. The van der Waals surface area contributed by atoms with Gasteiger partial charge >= 0.3 is 0 Å². The largest absolute Gasteiger partial charge is 0.454 e. The number of rotatable bonds is 4. The van der Waals surface area contributed by atoms with E-state index in [0.717, 1.165) is 28.2 Å². The lowest BCUT2D eigenvalue weighted by Gasteiger charge is -2.26. The Labute approximate surface area is 287 Å². The van der Waals surface area contributed by atoms with Gasteiger partial charge in [0.2, 0.25) is 0 Å². The second kappa shape index (κ2) is 10.8. The van der Waals surface area contributed by atoms with Gasteiger partial charge in [0.1, 0.15) is 5.58 Å². The molecule has 1 aromatic heterocycles. The fourth-order valence-electron chi connectivity index (χ4n) is 9.12. The summed E-state index contributed by atoms with van der Waals surface area (Å²) >= 11 is 0. The lowest BCUT2D eigenvalue weighted by molar-refractivity contribution is 0.442. The molecule has 0 aliphatic heterocycles. The Bertz CT molecular complexity index is 2570. The zero-order chi connectivity index (χ0) is 32.7. The van der Waals surface area contributed by atoms with Gasteiger partial charge in [-0.15, -0.1) is 0 Å². The van der Waals surface area contributed by atoms with Gasteiger partial charge in [-0.1, -0.05) is 124 Å². The highest BCUT2D eigenvalue weighted by molar-refractivity contribution is 6.11. The van der Waals surface area contributed by atoms with E-state index >= 15 is 0 Å². The van der Waals surface area contributed by atoms with Crippen molar-refractivity contribution >= 4 is 60.5 Å². The molecule has 10 rings (SSSR count). The maximum atomic E-state index is 7.00. The van der Waals surface area contributed by atoms with E-state index in [2.05, 4.69) is 152 Å². The third kappa shape index (κ3) is 4.33. The Morgan fingerprint density at radius 2 is 1.29 bits per heavy atom. The van der Waals surface area contributed by atoms with Crippen molar-refractivity contribution in [3.05, 3.63) is 150 Å². The predicted octanol–water partition coefficient (Wildman–Crippen LogP) is 13.7. The first-order valence-corrected chi connectivity index (χ1v) is 18.0. The average molecular weight is 634 g/mol. The molecule has 0 N–H and O–H groups in total. The topological polar surface area (TPSA) is 16.4 Å². The Hall–Kier alpha value is -5.34. The molecule has 1 saturated carbocycles. The van der Waals surface area contributed by atoms with Crippen molar-refractivity contribution in [1.82, 2.24) is 0 Å². The van der Waals surface area contributed by atoms with Crippen LogP contribution in [0.15, 0.2) is 138 Å². The number of benzene rings is 7. The smallest absolute Gasteiger partial charge is 0.159 e. The van der Waals surface area contributed by atoms with Crippen molar-refractivity contribution in [2.75, 3.05) is 4.90 Å². The molecule has 2 nitrogen and oxygen atoms in total. The molecule has 8 aromatic rings. The lowest BCUT2D eigenvalue weighted by Crippen LogP contribution is -2.15. The third-order valence-corrected chi connectivity index (χ3v) is 11.6. The number of anilines is 3. The molecule has 1 heterocycles.